The summed E-state index contributed by atoms with van der Waals surface area (Å²) in [5.41, 5.74) is 2.51. The number of Topliss-reactive ketones (excluding diaryl/α,β-unsaturated/α-hetero) is 1. The molecule has 0 radical (unpaired) electrons. The van der Waals surface area contributed by atoms with Gasteiger partial charge in [-0.1, -0.05) is 65.0 Å². The van der Waals surface area contributed by atoms with Crippen molar-refractivity contribution in [3.05, 3.63) is 60.2 Å². The summed E-state index contributed by atoms with van der Waals surface area (Å²) in [5, 5.41) is 0. The third-order valence-electron chi connectivity index (χ3n) is 8.02. The first-order valence-corrected chi connectivity index (χ1v) is 14.4. The lowest BCUT2D eigenvalue weighted by molar-refractivity contribution is -0.154. The average Bonchev–Trinajstić information content (AvgIpc) is 3.51. The third-order valence-corrected chi connectivity index (χ3v) is 8.02. The molecule has 1 aromatic carbocycles. The molecule has 224 valence electrons. The smallest absolute Gasteiger partial charge is 0.410 e. The maximum Gasteiger partial charge on any atom is 0.410 e. The quantitative estimate of drug-likeness (QED) is 0.255. The Morgan fingerprint density at radius 1 is 1.07 bits per heavy atom. The molecule has 1 fully saturated rings. The highest BCUT2D eigenvalue weighted by atomic mass is 16.6. The van der Waals surface area contributed by atoms with Crippen LogP contribution in [0.2, 0.25) is 0 Å². The van der Waals surface area contributed by atoms with Gasteiger partial charge in [0.15, 0.2) is 5.78 Å². The Hall–Kier alpha value is -3.42. The zero-order valence-corrected chi connectivity index (χ0v) is 25.5. The summed E-state index contributed by atoms with van der Waals surface area (Å²) in [6.07, 6.45) is 4.09. The van der Waals surface area contributed by atoms with Crippen LogP contribution in [0.3, 0.4) is 0 Å². The Bertz CT molecular complexity index is 1180. The summed E-state index contributed by atoms with van der Waals surface area (Å²) < 4.78 is 11.4. The molecule has 8 heteroatoms. The van der Waals surface area contributed by atoms with Gasteiger partial charge in [0.05, 0.1) is 31.5 Å². The van der Waals surface area contributed by atoms with Gasteiger partial charge >= 0.3 is 12.1 Å². The van der Waals surface area contributed by atoms with Crippen molar-refractivity contribution in [3.8, 4) is 0 Å². The molecule has 0 bridgehead atoms. The van der Waals surface area contributed by atoms with E-state index in [2.05, 4.69) is 13.2 Å². The molecule has 1 saturated heterocycles. The van der Waals surface area contributed by atoms with E-state index in [0.29, 0.717) is 19.5 Å². The molecule has 0 unspecified atom stereocenters. The molecular formula is C33H46N2O6. The number of nitrogens with zero attached hydrogens (tertiary/aromatic N) is 2. The normalized spacial score (nSPS) is 19.4. The number of carbonyl (C=O) groups is 4. The van der Waals surface area contributed by atoms with Gasteiger partial charge in [-0.05, 0) is 41.9 Å². The predicted octanol–water partition coefficient (Wildman–Crippen LogP) is 5.62. The van der Waals surface area contributed by atoms with Crippen LogP contribution in [0.25, 0.3) is 0 Å². The van der Waals surface area contributed by atoms with Crippen LogP contribution < -0.4 is 0 Å². The van der Waals surface area contributed by atoms with Crippen LogP contribution in [-0.2, 0) is 43.4 Å². The van der Waals surface area contributed by atoms with Gasteiger partial charge in [0.25, 0.3) is 0 Å². The molecule has 0 saturated carbocycles. The van der Waals surface area contributed by atoms with Crippen molar-refractivity contribution < 1.29 is 28.7 Å². The standard InChI is InChI=1S/C33H46N2O6/c1-9-12-23-13-11-14-24-18-34(20-26(23)24)31(39)41-25-16-28(22(3)36)35(19-25)30(38)27(32(4,5)6)17-29(37)40-21-33(7,8)15-10-2/h9-11,13-14,25,27-28H,1-2,12,15-21H2,3-8H3/t25-,27-,28+/m1/s1. The summed E-state index contributed by atoms with van der Waals surface area (Å²) >= 11 is 0. The fourth-order valence-electron chi connectivity index (χ4n) is 5.61. The summed E-state index contributed by atoms with van der Waals surface area (Å²) in [7, 11) is 0. The molecule has 2 amide bonds. The number of allylic oxidation sites excluding steroid dienone is 2. The molecule has 41 heavy (non-hydrogen) atoms. The third kappa shape index (κ3) is 8.08. The van der Waals surface area contributed by atoms with E-state index in [1.165, 1.54) is 11.8 Å². The number of hydrogen-bond acceptors (Lipinski definition) is 6. The van der Waals surface area contributed by atoms with Crippen molar-refractivity contribution in [2.75, 3.05) is 13.2 Å². The Labute approximate surface area is 244 Å². The van der Waals surface area contributed by atoms with Crippen LogP contribution in [-0.4, -0.2) is 58.9 Å². The number of amides is 2. The van der Waals surface area contributed by atoms with E-state index in [4.69, 9.17) is 9.47 Å². The second kappa shape index (κ2) is 13.0. The molecule has 2 aliphatic rings. The Balaban J connectivity index is 1.68. The molecule has 1 aromatic rings. The molecule has 3 atom stereocenters. The van der Waals surface area contributed by atoms with Crippen molar-refractivity contribution in [1.29, 1.82) is 0 Å². The Morgan fingerprint density at radius 2 is 1.78 bits per heavy atom. The fourth-order valence-corrected chi connectivity index (χ4v) is 5.61. The topological polar surface area (TPSA) is 93.2 Å². The Kier molecular flexibility index (Phi) is 10.2. The number of likely N-dealkylation sites (tertiary alicyclic amines) is 1. The van der Waals surface area contributed by atoms with Crippen LogP contribution in [0.1, 0.15) is 77.5 Å². The van der Waals surface area contributed by atoms with E-state index < -0.39 is 35.5 Å². The summed E-state index contributed by atoms with van der Waals surface area (Å²) in [5.74, 6) is -1.64. The van der Waals surface area contributed by atoms with Gasteiger partial charge in [-0.15, -0.1) is 13.2 Å². The molecule has 2 heterocycles. The predicted molar refractivity (Wildman–Crippen MR) is 158 cm³/mol. The zero-order valence-electron chi connectivity index (χ0n) is 25.5. The first-order valence-electron chi connectivity index (χ1n) is 14.4. The first kappa shape index (κ1) is 32.1. The van der Waals surface area contributed by atoms with Crippen molar-refractivity contribution in [3.63, 3.8) is 0 Å². The lowest BCUT2D eigenvalue weighted by Crippen LogP contribution is -2.47. The highest BCUT2D eigenvalue weighted by molar-refractivity contribution is 5.91. The fraction of sp³-hybridized carbons (Fsp3) is 0.576. The number of carbonyl (C=O) groups excluding carboxylic acids is 4. The number of benzene rings is 1. The largest absolute Gasteiger partial charge is 0.465 e. The van der Waals surface area contributed by atoms with Crippen molar-refractivity contribution in [2.45, 2.75) is 92.5 Å². The maximum absolute atomic E-state index is 13.9. The van der Waals surface area contributed by atoms with Gasteiger partial charge in [0.2, 0.25) is 5.91 Å². The number of rotatable bonds is 11. The summed E-state index contributed by atoms with van der Waals surface area (Å²) in [6.45, 7) is 19.9. The van der Waals surface area contributed by atoms with Crippen molar-refractivity contribution in [2.24, 2.45) is 16.7 Å². The highest BCUT2D eigenvalue weighted by Gasteiger charge is 2.45. The van der Waals surface area contributed by atoms with Crippen LogP contribution >= 0.6 is 0 Å². The van der Waals surface area contributed by atoms with Gasteiger partial charge in [0.1, 0.15) is 6.10 Å². The van der Waals surface area contributed by atoms with E-state index >= 15 is 0 Å². The highest BCUT2D eigenvalue weighted by Crippen LogP contribution is 2.35. The lowest BCUT2D eigenvalue weighted by atomic mass is 9.77. The van der Waals surface area contributed by atoms with E-state index in [1.807, 2.05) is 58.9 Å². The number of esters is 1. The number of ether oxygens (including phenoxy) is 2. The molecule has 0 aromatic heterocycles. The maximum atomic E-state index is 13.9. The minimum absolute atomic E-state index is 0.100. The lowest BCUT2D eigenvalue weighted by Gasteiger charge is -2.34. The molecule has 2 aliphatic heterocycles. The zero-order chi connectivity index (χ0) is 30.5. The second-order valence-electron chi connectivity index (χ2n) is 13.2. The van der Waals surface area contributed by atoms with Crippen molar-refractivity contribution >= 4 is 23.8 Å². The summed E-state index contributed by atoms with van der Waals surface area (Å²) in [6, 6.07) is 5.31. The molecule has 0 aliphatic carbocycles. The van der Waals surface area contributed by atoms with Gasteiger partial charge < -0.3 is 14.4 Å². The minimum atomic E-state index is -0.720. The van der Waals surface area contributed by atoms with E-state index in [9.17, 15) is 19.2 Å². The van der Waals surface area contributed by atoms with Crippen molar-refractivity contribution in [1.82, 2.24) is 9.80 Å². The number of hydrogen-bond donors (Lipinski definition) is 0. The monoisotopic (exact) mass is 566 g/mol. The van der Waals surface area contributed by atoms with Gasteiger partial charge in [-0.3, -0.25) is 19.3 Å². The molecule has 0 spiro atoms. The first-order chi connectivity index (χ1) is 19.2. The molecule has 3 rings (SSSR count). The van der Waals surface area contributed by atoms with Gasteiger partial charge in [-0.2, -0.15) is 0 Å². The molecular weight excluding hydrogens is 520 g/mol. The van der Waals surface area contributed by atoms with E-state index in [0.717, 1.165) is 23.1 Å². The van der Waals surface area contributed by atoms with Crippen LogP contribution in [0.5, 0.6) is 0 Å². The SMILES string of the molecule is C=CCc1cccc2c1CN(C(=O)O[C@@H]1C[C@@H](C(C)=O)N(C(=O)[C@@H](CC(=O)OCC(C)(C)CC=C)C(C)(C)C)C1)C2. The number of ketones is 1. The Morgan fingerprint density at radius 3 is 2.39 bits per heavy atom. The van der Waals surface area contributed by atoms with Crippen LogP contribution in [0.4, 0.5) is 4.79 Å². The molecule has 8 nitrogen and oxygen atoms in total. The summed E-state index contributed by atoms with van der Waals surface area (Å²) in [4.78, 5) is 55.6. The number of fused-ring (bicyclic) bond motifs is 1. The second-order valence-corrected chi connectivity index (χ2v) is 13.2. The van der Waals surface area contributed by atoms with Crippen LogP contribution in [0, 0.1) is 16.7 Å². The van der Waals surface area contributed by atoms with E-state index in [-0.39, 0.29) is 43.1 Å². The van der Waals surface area contributed by atoms with Gasteiger partial charge in [0, 0.05) is 24.9 Å². The average molecular weight is 567 g/mol. The minimum Gasteiger partial charge on any atom is -0.465 e. The van der Waals surface area contributed by atoms with E-state index in [1.54, 1.807) is 11.0 Å². The van der Waals surface area contributed by atoms with Gasteiger partial charge in [-0.25, -0.2) is 4.79 Å². The van der Waals surface area contributed by atoms with Crippen LogP contribution in [0.15, 0.2) is 43.5 Å². The molecule has 0 N–H and O–H groups in total.